The number of nitrogens with one attached hydrogen (secondary N) is 1. The number of imide groups is 1. The summed E-state index contributed by atoms with van der Waals surface area (Å²) in [6.45, 7) is 3.57. The van der Waals surface area contributed by atoms with E-state index in [4.69, 9.17) is 9.47 Å². The molecule has 4 amide bonds. The number of anilines is 1. The van der Waals surface area contributed by atoms with Crippen LogP contribution in [0.1, 0.15) is 35.5 Å². The quantitative estimate of drug-likeness (QED) is 0.372. The van der Waals surface area contributed by atoms with Gasteiger partial charge in [0, 0.05) is 4.88 Å². The van der Waals surface area contributed by atoms with Crippen molar-refractivity contribution in [2.75, 3.05) is 18.1 Å². The first-order valence-electron chi connectivity index (χ1n) is 10.3. The third-order valence-corrected chi connectivity index (χ3v) is 5.61. The molecule has 10 nitrogen and oxygen atoms in total. The van der Waals surface area contributed by atoms with Crippen molar-refractivity contribution < 1.29 is 33.4 Å². The molecule has 0 radical (unpaired) electrons. The summed E-state index contributed by atoms with van der Waals surface area (Å²) in [5.41, 5.74) is 2.81. The molecule has 2 heterocycles. The molecule has 11 heteroatoms. The maximum Gasteiger partial charge on any atom is 0.426 e. The second kappa shape index (κ2) is 10.7. The van der Waals surface area contributed by atoms with Crippen LogP contribution in [0.3, 0.4) is 0 Å². The zero-order valence-electron chi connectivity index (χ0n) is 18.1. The van der Waals surface area contributed by atoms with Gasteiger partial charge in [0.25, 0.3) is 5.91 Å². The number of hydrogen-bond acceptors (Lipinski definition) is 8. The zero-order chi connectivity index (χ0) is 24.0. The number of ether oxygens (including phenoxy) is 2. The van der Waals surface area contributed by atoms with E-state index in [1.54, 1.807) is 31.4 Å². The van der Waals surface area contributed by atoms with E-state index >= 15 is 0 Å². The van der Waals surface area contributed by atoms with Crippen molar-refractivity contribution in [2.24, 2.45) is 0 Å². The van der Waals surface area contributed by atoms with Crippen LogP contribution >= 0.6 is 11.3 Å². The van der Waals surface area contributed by atoms with Crippen molar-refractivity contribution in [2.45, 2.75) is 32.7 Å². The van der Waals surface area contributed by atoms with Crippen LogP contribution in [0.25, 0.3) is 0 Å². The second-order valence-corrected chi connectivity index (χ2v) is 7.94. The van der Waals surface area contributed by atoms with Crippen LogP contribution in [0.2, 0.25) is 0 Å². The molecule has 0 aliphatic carbocycles. The number of carbonyl (C=O) groups is 5. The van der Waals surface area contributed by atoms with Crippen molar-refractivity contribution >= 4 is 46.8 Å². The maximum absolute atomic E-state index is 13.2. The molecular weight excluding hydrogens is 450 g/mol. The first kappa shape index (κ1) is 23.9. The fourth-order valence-corrected chi connectivity index (χ4v) is 3.97. The number of amides is 4. The number of nitrogens with zero attached hydrogens (tertiary/aromatic N) is 2. The zero-order valence-corrected chi connectivity index (χ0v) is 18.9. The molecule has 174 valence electrons. The molecule has 1 unspecified atom stereocenters. The van der Waals surface area contributed by atoms with Crippen molar-refractivity contribution in [3.05, 3.63) is 52.2 Å². The molecule has 1 aliphatic rings. The summed E-state index contributed by atoms with van der Waals surface area (Å²) in [6, 6.07) is 8.07. The summed E-state index contributed by atoms with van der Waals surface area (Å²) in [4.78, 5) is 64.3. The van der Waals surface area contributed by atoms with Gasteiger partial charge in [-0.05, 0) is 49.6 Å². The normalized spacial score (nSPS) is 15.3. The second-order valence-electron chi connectivity index (χ2n) is 6.91. The number of hydrogen-bond donors (Lipinski definition) is 1. The van der Waals surface area contributed by atoms with E-state index < -0.39 is 35.8 Å². The van der Waals surface area contributed by atoms with Gasteiger partial charge in [-0.1, -0.05) is 6.07 Å². The third-order valence-electron chi connectivity index (χ3n) is 4.73. The van der Waals surface area contributed by atoms with Crippen LogP contribution in [0.15, 0.2) is 41.8 Å². The molecular formula is C22H23N3O7S. The highest BCUT2D eigenvalue weighted by atomic mass is 32.1. The summed E-state index contributed by atoms with van der Waals surface area (Å²) in [5, 5.41) is 2.67. The van der Waals surface area contributed by atoms with Gasteiger partial charge in [-0.3, -0.25) is 14.4 Å². The number of carbonyl (C=O) groups excluding carboxylic acids is 5. The van der Waals surface area contributed by atoms with Crippen molar-refractivity contribution in [1.82, 2.24) is 10.4 Å². The van der Waals surface area contributed by atoms with Crippen LogP contribution in [-0.4, -0.2) is 54.0 Å². The molecule has 1 aromatic heterocycles. The van der Waals surface area contributed by atoms with Gasteiger partial charge in [0.15, 0.2) is 0 Å². The van der Waals surface area contributed by atoms with E-state index in [0.29, 0.717) is 0 Å². The monoisotopic (exact) mass is 473 g/mol. The fraction of sp³-hybridized carbons (Fsp3) is 0.318. The molecule has 2 aromatic rings. The minimum absolute atomic E-state index is 0.0592. The lowest BCUT2D eigenvalue weighted by atomic mass is 10.2. The molecule has 1 aliphatic heterocycles. The van der Waals surface area contributed by atoms with Gasteiger partial charge in [0.2, 0.25) is 11.8 Å². The summed E-state index contributed by atoms with van der Waals surface area (Å²) in [5.74, 6) is -2.31. The number of thiophene rings is 1. The van der Waals surface area contributed by atoms with E-state index in [-0.39, 0.29) is 37.3 Å². The van der Waals surface area contributed by atoms with Gasteiger partial charge in [-0.2, -0.15) is 0 Å². The van der Waals surface area contributed by atoms with Crippen LogP contribution in [0.5, 0.6) is 0 Å². The molecule has 1 N–H and O–H groups in total. The Kier molecular flexibility index (Phi) is 7.78. The maximum atomic E-state index is 13.2. The van der Waals surface area contributed by atoms with Crippen LogP contribution in [0, 0.1) is 0 Å². The van der Waals surface area contributed by atoms with E-state index in [2.05, 4.69) is 5.43 Å². The average molecular weight is 474 g/mol. The fourth-order valence-electron chi connectivity index (χ4n) is 3.27. The molecule has 3 rings (SSSR count). The Balaban J connectivity index is 1.82. The number of benzene rings is 1. The highest BCUT2D eigenvalue weighted by Gasteiger charge is 2.45. The lowest BCUT2D eigenvalue weighted by Crippen LogP contribution is -2.55. The first-order valence-corrected chi connectivity index (χ1v) is 11.2. The van der Waals surface area contributed by atoms with Gasteiger partial charge < -0.3 is 9.47 Å². The predicted octanol–water partition coefficient (Wildman–Crippen LogP) is 2.29. The van der Waals surface area contributed by atoms with E-state index in [1.165, 1.54) is 35.6 Å². The summed E-state index contributed by atoms with van der Waals surface area (Å²) >= 11 is 1.35. The largest absolute Gasteiger partial charge is 0.462 e. The average Bonchev–Trinajstić information content (AvgIpc) is 3.40. The standard InChI is InChI=1S/C22H23N3O7S/c1-3-31-21(29)14-7-9-15(10-8-14)24-18(26)13-17(20(24)28)25(23-22(30)32-4-2)19(27)12-16-6-5-11-33-16/h5-11,17H,3-4,12-13H2,1-2H3,(H,23,30). The molecule has 1 atom stereocenters. The lowest BCUT2D eigenvalue weighted by Gasteiger charge is -2.27. The van der Waals surface area contributed by atoms with Gasteiger partial charge in [0.1, 0.15) is 6.04 Å². The number of esters is 1. The SMILES string of the molecule is CCOC(=O)NN(C(=O)Cc1cccs1)C1CC(=O)N(c2ccc(C(=O)OCC)cc2)C1=O. The molecule has 0 spiro atoms. The van der Waals surface area contributed by atoms with E-state index in [0.717, 1.165) is 14.8 Å². The molecule has 1 fully saturated rings. The summed E-state index contributed by atoms with van der Waals surface area (Å²) < 4.78 is 9.78. The van der Waals surface area contributed by atoms with Crippen molar-refractivity contribution in [3.63, 3.8) is 0 Å². The topological polar surface area (TPSA) is 122 Å². The first-order chi connectivity index (χ1) is 15.8. The van der Waals surface area contributed by atoms with Crippen molar-refractivity contribution in [1.29, 1.82) is 0 Å². The van der Waals surface area contributed by atoms with Gasteiger partial charge in [-0.15, -0.1) is 11.3 Å². The summed E-state index contributed by atoms with van der Waals surface area (Å²) in [7, 11) is 0. The minimum Gasteiger partial charge on any atom is -0.462 e. The molecule has 0 saturated carbocycles. The third kappa shape index (κ3) is 5.55. The highest BCUT2D eigenvalue weighted by Crippen LogP contribution is 2.26. The lowest BCUT2D eigenvalue weighted by molar-refractivity contribution is -0.140. The minimum atomic E-state index is -1.24. The molecule has 1 aromatic carbocycles. The Labute approximate surface area is 194 Å². The van der Waals surface area contributed by atoms with Crippen LogP contribution in [-0.2, 0) is 30.3 Å². The Morgan fingerprint density at radius 2 is 1.79 bits per heavy atom. The van der Waals surface area contributed by atoms with E-state index in [1.807, 2.05) is 0 Å². The van der Waals surface area contributed by atoms with Gasteiger partial charge in [-0.25, -0.2) is 24.9 Å². The van der Waals surface area contributed by atoms with E-state index in [9.17, 15) is 24.0 Å². The van der Waals surface area contributed by atoms with Gasteiger partial charge in [0.05, 0.1) is 37.3 Å². The Hall–Kier alpha value is -3.73. The smallest absolute Gasteiger partial charge is 0.426 e. The highest BCUT2D eigenvalue weighted by molar-refractivity contribution is 7.10. The molecule has 0 bridgehead atoms. The van der Waals surface area contributed by atoms with Gasteiger partial charge >= 0.3 is 12.1 Å². The van der Waals surface area contributed by atoms with Crippen molar-refractivity contribution in [3.8, 4) is 0 Å². The van der Waals surface area contributed by atoms with Crippen LogP contribution in [0.4, 0.5) is 10.5 Å². The van der Waals surface area contributed by atoms with Crippen LogP contribution < -0.4 is 10.3 Å². The number of rotatable bonds is 7. The summed E-state index contributed by atoms with van der Waals surface area (Å²) in [6.07, 6.45) is -1.29. The molecule has 1 saturated heterocycles. The Morgan fingerprint density at radius 1 is 1.09 bits per heavy atom. The Morgan fingerprint density at radius 3 is 2.39 bits per heavy atom. The predicted molar refractivity (Wildman–Crippen MR) is 118 cm³/mol. The Bertz CT molecular complexity index is 1040. The number of hydrazine groups is 1. The molecule has 33 heavy (non-hydrogen) atoms.